The molecule has 0 aliphatic heterocycles. The van der Waals surface area contributed by atoms with E-state index in [1.54, 1.807) is 0 Å². The Labute approximate surface area is 361 Å². The molecule has 4 nitrogen and oxygen atoms in total. The molecule has 0 saturated carbocycles. The van der Waals surface area contributed by atoms with Crippen LogP contribution in [0.1, 0.15) is 18.1 Å². The average Bonchev–Trinajstić information content (AvgIpc) is 3.30. The minimum atomic E-state index is 1.02. The van der Waals surface area contributed by atoms with Crippen molar-refractivity contribution in [3.63, 3.8) is 0 Å². The van der Waals surface area contributed by atoms with E-state index in [0.29, 0.717) is 0 Å². The standard InChI is InChI=1S/C57H50N4/c1-5-18-46(19-6-2)58(47-22-10-7-11-23-47)50-30-32-51(33-31-50)59(52-34-38-54(39-35-52)60(48-24-12-8-13-25-48)56-28-16-20-44(3)42-56)53-36-40-55(41-37-53)61(49-26-14-9-15-27-49)57-29-17-21-45(4)43-57/h5-43H,1H2,2-4H3/b19-6-,46-18+. The molecule has 298 valence electrons. The Bertz CT molecular complexity index is 2590. The number of hydrogen-bond acceptors (Lipinski definition) is 4. The fraction of sp³-hybridized carbons (Fsp3) is 0.0526. The summed E-state index contributed by atoms with van der Waals surface area (Å²) < 4.78 is 0. The molecule has 8 aromatic carbocycles. The largest absolute Gasteiger partial charge is 0.311 e. The van der Waals surface area contributed by atoms with Crippen LogP contribution in [0.5, 0.6) is 0 Å². The molecule has 0 amide bonds. The number of anilines is 11. The minimum absolute atomic E-state index is 1.02. The van der Waals surface area contributed by atoms with E-state index < -0.39 is 0 Å². The predicted molar refractivity (Wildman–Crippen MR) is 262 cm³/mol. The average molecular weight is 791 g/mol. The van der Waals surface area contributed by atoms with Gasteiger partial charge in [0.05, 0.1) is 0 Å². The van der Waals surface area contributed by atoms with Crippen LogP contribution in [0.25, 0.3) is 0 Å². The molecule has 0 spiro atoms. The van der Waals surface area contributed by atoms with Crippen LogP contribution in [0.15, 0.2) is 249 Å². The van der Waals surface area contributed by atoms with Crippen LogP contribution in [0.2, 0.25) is 0 Å². The number of benzene rings is 8. The van der Waals surface area contributed by atoms with Crippen LogP contribution in [-0.2, 0) is 0 Å². The summed E-state index contributed by atoms with van der Waals surface area (Å²) in [6, 6.07) is 75.5. The van der Waals surface area contributed by atoms with Gasteiger partial charge in [-0.1, -0.05) is 97.6 Å². The molecule has 0 aliphatic carbocycles. The van der Waals surface area contributed by atoms with Crippen molar-refractivity contribution < 1.29 is 0 Å². The second-order valence-corrected chi connectivity index (χ2v) is 14.9. The number of para-hydroxylation sites is 3. The predicted octanol–water partition coefficient (Wildman–Crippen LogP) is 16.5. The third-order valence-electron chi connectivity index (χ3n) is 10.5. The molecule has 0 fully saturated rings. The Hall–Kier alpha value is -7.82. The number of rotatable bonds is 14. The van der Waals surface area contributed by atoms with Crippen molar-refractivity contribution in [2.75, 3.05) is 19.6 Å². The van der Waals surface area contributed by atoms with E-state index in [0.717, 1.165) is 68.3 Å². The highest BCUT2D eigenvalue weighted by atomic mass is 15.2. The highest BCUT2D eigenvalue weighted by Crippen LogP contribution is 2.42. The molecular formula is C57H50N4. The van der Waals surface area contributed by atoms with E-state index in [4.69, 9.17) is 0 Å². The van der Waals surface area contributed by atoms with Crippen molar-refractivity contribution in [1.29, 1.82) is 0 Å². The summed E-state index contributed by atoms with van der Waals surface area (Å²) in [6.45, 7) is 10.3. The first kappa shape index (κ1) is 40.0. The van der Waals surface area contributed by atoms with Gasteiger partial charge in [-0.3, -0.25) is 0 Å². The van der Waals surface area contributed by atoms with Gasteiger partial charge in [0.15, 0.2) is 0 Å². The Morgan fingerprint density at radius 1 is 0.361 bits per heavy atom. The number of nitrogens with zero attached hydrogens (tertiary/aromatic N) is 4. The summed E-state index contributed by atoms with van der Waals surface area (Å²) in [5, 5.41) is 0. The summed E-state index contributed by atoms with van der Waals surface area (Å²) in [5.74, 6) is 0. The highest BCUT2D eigenvalue weighted by Gasteiger charge is 2.19. The molecule has 61 heavy (non-hydrogen) atoms. The van der Waals surface area contributed by atoms with Gasteiger partial charge < -0.3 is 19.6 Å². The molecule has 8 aromatic rings. The maximum Gasteiger partial charge on any atom is 0.0464 e. The second-order valence-electron chi connectivity index (χ2n) is 14.9. The van der Waals surface area contributed by atoms with Gasteiger partial charge in [0.1, 0.15) is 0 Å². The third kappa shape index (κ3) is 9.10. The minimum Gasteiger partial charge on any atom is -0.311 e. The molecule has 0 heterocycles. The Morgan fingerprint density at radius 3 is 1.00 bits per heavy atom. The Kier molecular flexibility index (Phi) is 12.3. The van der Waals surface area contributed by atoms with Gasteiger partial charge >= 0.3 is 0 Å². The van der Waals surface area contributed by atoms with Crippen molar-refractivity contribution in [3.05, 3.63) is 260 Å². The number of allylic oxidation sites excluding steroid dienone is 4. The van der Waals surface area contributed by atoms with Crippen molar-refractivity contribution >= 4 is 62.6 Å². The molecular weight excluding hydrogens is 741 g/mol. The van der Waals surface area contributed by atoms with E-state index in [2.05, 4.69) is 258 Å². The van der Waals surface area contributed by atoms with E-state index in [9.17, 15) is 0 Å². The summed E-state index contributed by atoms with van der Waals surface area (Å²) >= 11 is 0. The van der Waals surface area contributed by atoms with Gasteiger partial charge in [0.2, 0.25) is 0 Å². The molecule has 0 unspecified atom stereocenters. The number of aryl methyl sites for hydroxylation is 2. The van der Waals surface area contributed by atoms with Gasteiger partial charge in [-0.15, -0.1) is 0 Å². The SMILES string of the molecule is C=C/C=C(\C=C/C)N(c1ccccc1)c1ccc(N(c2ccc(N(c3ccccc3)c3cccc(C)c3)cc2)c2ccc(N(c3ccccc3)c3cccc(C)c3)cc2)cc1. The normalized spacial score (nSPS) is 11.3. The van der Waals surface area contributed by atoms with E-state index in [1.807, 2.05) is 25.1 Å². The zero-order valence-corrected chi connectivity index (χ0v) is 35.0. The molecule has 0 aromatic heterocycles. The first-order chi connectivity index (χ1) is 30.0. The second kappa shape index (κ2) is 18.8. The van der Waals surface area contributed by atoms with Gasteiger partial charge in [0.25, 0.3) is 0 Å². The summed E-state index contributed by atoms with van der Waals surface area (Å²) in [6.07, 6.45) is 8.05. The van der Waals surface area contributed by atoms with Gasteiger partial charge in [0, 0.05) is 68.3 Å². The lowest BCUT2D eigenvalue weighted by atomic mass is 10.1. The fourth-order valence-electron chi connectivity index (χ4n) is 7.80. The molecule has 0 saturated heterocycles. The quantitative estimate of drug-likeness (QED) is 0.102. The van der Waals surface area contributed by atoms with Crippen LogP contribution in [0.3, 0.4) is 0 Å². The van der Waals surface area contributed by atoms with Crippen LogP contribution < -0.4 is 19.6 Å². The lowest BCUT2D eigenvalue weighted by Gasteiger charge is -2.30. The summed E-state index contributed by atoms with van der Waals surface area (Å²) in [5.41, 5.74) is 15.3. The molecule has 4 heteroatoms. The first-order valence-corrected chi connectivity index (χ1v) is 20.8. The van der Waals surface area contributed by atoms with Gasteiger partial charge in [-0.05, 0) is 178 Å². The maximum atomic E-state index is 4.02. The molecule has 0 bridgehead atoms. The van der Waals surface area contributed by atoms with Crippen LogP contribution in [0, 0.1) is 13.8 Å². The van der Waals surface area contributed by atoms with Crippen LogP contribution in [0.4, 0.5) is 62.6 Å². The molecule has 0 N–H and O–H groups in total. The van der Waals surface area contributed by atoms with Gasteiger partial charge in [-0.2, -0.15) is 0 Å². The zero-order chi connectivity index (χ0) is 42.0. The Balaban J connectivity index is 1.23. The molecule has 0 radical (unpaired) electrons. The fourth-order valence-corrected chi connectivity index (χ4v) is 7.80. The third-order valence-corrected chi connectivity index (χ3v) is 10.5. The van der Waals surface area contributed by atoms with E-state index in [-0.39, 0.29) is 0 Å². The lowest BCUT2D eigenvalue weighted by molar-refractivity contribution is 1.20. The Morgan fingerprint density at radius 2 is 0.656 bits per heavy atom. The van der Waals surface area contributed by atoms with Crippen LogP contribution >= 0.6 is 0 Å². The summed E-state index contributed by atoms with van der Waals surface area (Å²) in [7, 11) is 0. The van der Waals surface area contributed by atoms with Crippen molar-refractivity contribution in [1.82, 2.24) is 0 Å². The molecule has 0 aliphatic rings. The van der Waals surface area contributed by atoms with E-state index in [1.165, 1.54) is 11.1 Å². The van der Waals surface area contributed by atoms with Crippen molar-refractivity contribution in [2.24, 2.45) is 0 Å². The van der Waals surface area contributed by atoms with Crippen molar-refractivity contribution in [3.8, 4) is 0 Å². The first-order valence-electron chi connectivity index (χ1n) is 20.8. The maximum absolute atomic E-state index is 4.02. The monoisotopic (exact) mass is 790 g/mol. The highest BCUT2D eigenvalue weighted by molar-refractivity contribution is 5.84. The van der Waals surface area contributed by atoms with E-state index >= 15 is 0 Å². The van der Waals surface area contributed by atoms with Crippen LogP contribution in [-0.4, -0.2) is 0 Å². The smallest absolute Gasteiger partial charge is 0.0464 e. The zero-order valence-electron chi connectivity index (χ0n) is 35.0. The lowest BCUT2D eigenvalue weighted by Crippen LogP contribution is -2.16. The summed E-state index contributed by atoms with van der Waals surface area (Å²) in [4.78, 5) is 9.21. The number of hydrogen-bond donors (Lipinski definition) is 0. The molecule has 0 atom stereocenters. The molecule has 8 rings (SSSR count). The van der Waals surface area contributed by atoms with Gasteiger partial charge in [-0.25, -0.2) is 0 Å². The topological polar surface area (TPSA) is 13.0 Å². The van der Waals surface area contributed by atoms with Crippen molar-refractivity contribution in [2.45, 2.75) is 20.8 Å².